The van der Waals surface area contributed by atoms with Gasteiger partial charge in [-0.3, -0.25) is 0 Å². The lowest BCUT2D eigenvalue weighted by molar-refractivity contribution is 0.486. The van der Waals surface area contributed by atoms with Crippen LogP contribution in [0.4, 0.5) is 0 Å². The molecule has 0 N–H and O–H groups in total. The first-order valence-electron chi connectivity index (χ1n) is 6.22. The molecule has 0 aliphatic carbocycles. The van der Waals surface area contributed by atoms with Crippen LogP contribution >= 0.6 is 0 Å². The summed E-state index contributed by atoms with van der Waals surface area (Å²) in [5, 5.41) is 0. The molecule has 2 fully saturated rings. The number of hydrogen-bond donors (Lipinski definition) is 0. The van der Waals surface area contributed by atoms with E-state index in [1.165, 1.54) is 12.8 Å². The van der Waals surface area contributed by atoms with Gasteiger partial charge in [0.25, 0.3) is 0 Å². The highest BCUT2D eigenvalue weighted by Gasteiger charge is 2.42. The van der Waals surface area contributed by atoms with Gasteiger partial charge >= 0.3 is 0 Å². The first kappa shape index (κ1) is 9.76. The molecule has 0 bridgehead atoms. The van der Waals surface area contributed by atoms with Crippen molar-refractivity contribution in [1.29, 1.82) is 0 Å². The van der Waals surface area contributed by atoms with Gasteiger partial charge in [-0.2, -0.15) is 0 Å². The first-order valence-corrected chi connectivity index (χ1v) is 9.05. The Bertz CT molecular complexity index is 156. The molecule has 2 unspecified atom stereocenters. The Balaban J connectivity index is 2.02. The first-order chi connectivity index (χ1) is 6.22. The molecule has 0 nitrogen and oxygen atoms in total. The molecular formula is C12H24Si. The Morgan fingerprint density at radius 3 is 1.69 bits per heavy atom. The van der Waals surface area contributed by atoms with Gasteiger partial charge in [-0.05, 0) is 11.8 Å². The van der Waals surface area contributed by atoms with Crippen molar-refractivity contribution in [3.63, 3.8) is 0 Å². The third kappa shape index (κ3) is 2.01. The summed E-state index contributed by atoms with van der Waals surface area (Å²) < 4.78 is 0. The fourth-order valence-corrected chi connectivity index (χ4v) is 10.5. The van der Waals surface area contributed by atoms with Crippen LogP contribution in [0.15, 0.2) is 0 Å². The minimum Gasteiger partial charge on any atom is -0.0625 e. The molecule has 0 radical (unpaired) electrons. The van der Waals surface area contributed by atoms with Crippen molar-refractivity contribution in [1.82, 2.24) is 0 Å². The molecule has 0 aromatic rings. The van der Waals surface area contributed by atoms with Gasteiger partial charge in [0.1, 0.15) is 0 Å². The minimum absolute atomic E-state index is 0.696. The SMILES string of the molecule is CC1C[Si]2(CCCCCC2)CC1C. The summed E-state index contributed by atoms with van der Waals surface area (Å²) in [5.74, 6) is 2.12. The summed E-state index contributed by atoms with van der Waals surface area (Å²) >= 11 is 0. The highest BCUT2D eigenvalue weighted by Crippen LogP contribution is 2.46. The molecule has 0 aromatic heterocycles. The van der Waals surface area contributed by atoms with E-state index in [0.29, 0.717) is 0 Å². The highest BCUT2D eigenvalue weighted by atomic mass is 28.3. The van der Waals surface area contributed by atoms with E-state index in [0.717, 1.165) is 11.8 Å². The van der Waals surface area contributed by atoms with E-state index in [4.69, 9.17) is 0 Å². The van der Waals surface area contributed by atoms with E-state index >= 15 is 0 Å². The van der Waals surface area contributed by atoms with Crippen LogP contribution in [0.2, 0.25) is 24.2 Å². The molecule has 2 atom stereocenters. The zero-order chi connectivity index (χ0) is 9.31. The molecule has 76 valence electrons. The molecule has 0 aromatic carbocycles. The smallest absolute Gasteiger partial charge is 0.0541 e. The van der Waals surface area contributed by atoms with Crippen LogP contribution < -0.4 is 0 Å². The van der Waals surface area contributed by atoms with Crippen molar-refractivity contribution in [3.05, 3.63) is 0 Å². The van der Waals surface area contributed by atoms with Crippen LogP contribution in [0.5, 0.6) is 0 Å². The summed E-state index contributed by atoms with van der Waals surface area (Å²) in [6.45, 7) is 4.99. The fourth-order valence-electron chi connectivity index (χ4n) is 3.74. The second-order valence-corrected chi connectivity index (χ2v) is 10.6. The van der Waals surface area contributed by atoms with Crippen LogP contribution in [0.1, 0.15) is 39.5 Å². The maximum absolute atomic E-state index is 2.50. The molecule has 0 amide bonds. The molecule has 2 rings (SSSR count). The van der Waals surface area contributed by atoms with E-state index in [9.17, 15) is 0 Å². The average Bonchev–Trinajstić information content (AvgIpc) is 2.29. The van der Waals surface area contributed by atoms with Crippen LogP contribution in [-0.4, -0.2) is 8.07 Å². The second kappa shape index (κ2) is 3.76. The third-order valence-electron chi connectivity index (χ3n) is 4.65. The molecule has 2 aliphatic heterocycles. The standard InChI is InChI=1S/C12H24Si/c1-11-9-13(10-12(11)2)7-5-3-4-6-8-13/h11-12H,3-10H2,1-2H3. The quantitative estimate of drug-likeness (QED) is 0.507. The van der Waals surface area contributed by atoms with Crippen molar-refractivity contribution in [2.75, 3.05) is 0 Å². The largest absolute Gasteiger partial charge is 0.0625 e. The van der Waals surface area contributed by atoms with E-state index in [1.807, 2.05) is 0 Å². The van der Waals surface area contributed by atoms with Gasteiger partial charge in [0.15, 0.2) is 0 Å². The Morgan fingerprint density at radius 1 is 0.769 bits per heavy atom. The highest BCUT2D eigenvalue weighted by molar-refractivity contribution is 6.80. The summed E-state index contributed by atoms with van der Waals surface area (Å²) in [4.78, 5) is 0. The Morgan fingerprint density at radius 2 is 1.23 bits per heavy atom. The summed E-state index contributed by atoms with van der Waals surface area (Å²) in [7, 11) is -0.696. The lowest BCUT2D eigenvalue weighted by Gasteiger charge is -2.25. The van der Waals surface area contributed by atoms with Crippen molar-refractivity contribution >= 4 is 8.07 Å². The van der Waals surface area contributed by atoms with Gasteiger partial charge in [0.05, 0.1) is 8.07 Å². The van der Waals surface area contributed by atoms with E-state index in [1.54, 1.807) is 37.0 Å². The lowest BCUT2D eigenvalue weighted by atomic mass is 10.0. The lowest BCUT2D eigenvalue weighted by Crippen LogP contribution is -2.29. The van der Waals surface area contributed by atoms with Crippen molar-refractivity contribution in [2.24, 2.45) is 11.8 Å². The fraction of sp³-hybridized carbons (Fsp3) is 1.00. The van der Waals surface area contributed by atoms with Crippen LogP contribution in [0.25, 0.3) is 0 Å². The topological polar surface area (TPSA) is 0 Å². The predicted octanol–water partition coefficient (Wildman–Crippen LogP) is 4.30. The number of hydrogen-bond acceptors (Lipinski definition) is 0. The van der Waals surface area contributed by atoms with Crippen LogP contribution in [-0.2, 0) is 0 Å². The monoisotopic (exact) mass is 196 g/mol. The van der Waals surface area contributed by atoms with Crippen molar-refractivity contribution in [3.8, 4) is 0 Å². The minimum atomic E-state index is -0.696. The predicted molar refractivity (Wildman–Crippen MR) is 61.8 cm³/mol. The van der Waals surface area contributed by atoms with Crippen LogP contribution in [0.3, 0.4) is 0 Å². The van der Waals surface area contributed by atoms with Crippen LogP contribution in [0, 0.1) is 11.8 Å². The van der Waals surface area contributed by atoms with Gasteiger partial charge in [-0.25, -0.2) is 0 Å². The average molecular weight is 196 g/mol. The number of rotatable bonds is 0. The molecule has 13 heavy (non-hydrogen) atoms. The molecule has 1 spiro atoms. The molecule has 1 heteroatoms. The third-order valence-corrected chi connectivity index (χ3v) is 10.5. The molecule has 0 saturated carbocycles. The maximum Gasteiger partial charge on any atom is 0.0541 e. The van der Waals surface area contributed by atoms with E-state index in [-0.39, 0.29) is 0 Å². The zero-order valence-corrected chi connectivity index (χ0v) is 10.3. The van der Waals surface area contributed by atoms with Crippen molar-refractivity contribution < 1.29 is 0 Å². The summed E-state index contributed by atoms with van der Waals surface area (Å²) in [6, 6.07) is 6.71. The Kier molecular flexibility index (Phi) is 2.82. The maximum atomic E-state index is 2.50. The summed E-state index contributed by atoms with van der Waals surface area (Å²) in [6.07, 6.45) is 6.23. The van der Waals surface area contributed by atoms with Gasteiger partial charge in [0, 0.05) is 0 Å². The molecule has 2 aliphatic rings. The van der Waals surface area contributed by atoms with E-state index in [2.05, 4.69) is 13.8 Å². The Hall–Kier alpha value is 0.217. The zero-order valence-electron chi connectivity index (χ0n) is 9.31. The van der Waals surface area contributed by atoms with Gasteiger partial charge in [-0.1, -0.05) is 63.7 Å². The van der Waals surface area contributed by atoms with Crippen molar-refractivity contribution in [2.45, 2.75) is 63.7 Å². The Labute approximate surface area is 84.1 Å². The molecule has 2 saturated heterocycles. The second-order valence-electron chi connectivity index (χ2n) is 5.78. The van der Waals surface area contributed by atoms with E-state index < -0.39 is 8.07 Å². The van der Waals surface area contributed by atoms with Gasteiger partial charge in [0.2, 0.25) is 0 Å². The molecular weight excluding hydrogens is 172 g/mol. The van der Waals surface area contributed by atoms with Gasteiger partial charge < -0.3 is 0 Å². The molecule has 2 heterocycles. The normalized spacial score (nSPS) is 39.2. The summed E-state index contributed by atoms with van der Waals surface area (Å²) in [5.41, 5.74) is 0. The van der Waals surface area contributed by atoms with Gasteiger partial charge in [-0.15, -0.1) is 0 Å².